The van der Waals surface area contributed by atoms with Crippen LogP contribution in [0, 0.1) is 11.3 Å². The number of nitrogens with two attached hydrogens (primary N) is 3. The molecular formula is C22H31N7O9S3. The molecule has 1 aliphatic heterocycles. The number of carbonyl (C=O) groups excluding carboxylic acids is 3. The molecule has 8 N–H and O–H groups in total. The van der Waals surface area contributed by atoms with Gasteiger partial charge in [-0.25, -0.2) is 4.98 Å². The van der Waals surface area contributed by atoms with Crippen LogP contribution in [-0.4, -0.2) is 70.4 Å². The lowest BCUT2D eigenvalue weighted by Crippen LogP contribution is -2.68. The molecule has 2 atom stereocenters. The van der Waals surface area contributed by atoms with Gasteiger partial charge in [-0.15, -0.1) is 15.6 Å². The summed E-state index contributed by atoms with van der Waals surface area (Å²) in [5, 5.41) is 13.1. The Morgan fingerprint density at radius 1 is 1.27 bits per heavy atom. The van der Waals surface area contributed by atoms with Crippen LogP contribution in [0.25, 0.3) is 0 Å². The summed E-state index contributed by atoms with van der Waals surface area (Å²) in [6.45, 7) is 2.46. The van der Waals surface area contributed by atoms with Crippen molar-refractivity contribution in [2.75, 3.05) is 12.3 Å². The number of hydrogen-bond donors (Lipinski definition) is 5. The number of amides is 2. The summed E-state index contributed by atoms with van der Waals surface area (Å²) < 4.78 is 40.8. The number of rotatable bonds is 13. The summed E-state index contributed by atoms with van der Waals surface area (Å²) in [6.07, 6.45) is -1.92. The number of nitrogens with one attached hydrogen (secondary N) is 1. The van der Waals surface area contributed by atoms with Crippen molar-refractivity contribution in [3.8, 4) is 5.75 Å². The van der Waals surface area contributed by atoms with Gasteiger partial charge in [0.15, 0.2) is 16.6 Å². The molecule has 1 aliphatic rings. The molecule has 16 nitrogen and oxygen atoms in total. The number of amidine groups is 1. The van der Waals surface area contributed by atoms with Gasteiger partial charge in [0.05, 0.1) is 11.5 Å². The Morgan fingerprint density at radius 3 is 2.34 bits per heavy atom. The second-order valence-electron chi connectivity index (χ2n) is 8.72. The van der Waals surface area contributed by atoms with Gasteiger partial charge in [-0.3, -0.25) is 24.3 Å². The number of thiazole rings is 1. The molecule has 19 heteroatoms. The first-order valence-electron chi connectivity index (χ1n) is 11.0. The summed E-state index contributed by atoms with van der Waals surface area (Å²) in [4.78, 5) is 46.8. The largest absolute Gasteiger partial charge is 0.489 e. The highest BCUT2D eigenvalue weighted by molar-refractivity contribution is 7.80. The van der Waals surface area contributed by atoms with Crippen LogP contribution in [-0.2, 0) is 33.9 Å². The fourth-order valence-electron chi connectivity index (χ4n) is 3.47. The minimum absolute atomic E-state index is 0. The van der Waals surface area contributed by atoms with E-state index in [4.69, 9.17) is 36.7 Å². The van der Waals surface area contributed by atoms with Crippen molar-refractivity contribution in [2.45, 2.75) is 39.3 Å². The fourth-order valence-corrected chi connectivity index (χ4v) is 4.47. The summed E-state index contributed by atoms with van der Waals surface area (Å²) in [5.41, 5.74) is 15.3. The van der Waals surface area contributed by atoms with E-state index in [1.807, 2.05) is 0 Å². The SMILES string of the molecule is C.CC1(C)C(CC(=O)/C(=N\OC(COc2ccc(C(=N)N)cc2)C(N)=O)c2csc(N)n2)C(=O)N1OS(=O)(=O)O.S. The lowest BCUT2D eigenvalue weighted by Gasteiger charge is -2.50. The monoisotopic (exact) mass is 633 g/mol. The first-order valence-corrected chi connectivity index (χ1v) is 13.2. The van der Waals surface area contributed by atoms with E-state index >= 15 is 0 Å². The van der Waals surface area contributed by atoms with Crippen LogP contribution >= 0.6 is 24.8 Å². The Morgan fingerprint density at radius 2 is 1.88 bits per heavy atom. The standard InChI is InChI=1S/C21H25N7O9S2.CH4.H2S/c1-21(2)12(19(31)28(21)37-39(32,33)34)7-14(29)16(13-9-38-20(25)26-13)27-36-15(18(24)30)8-35-11-5-3-10(4-6-11)17(22)23;;/h3-6,9,12,15H,7-8H2,1-2H3,(H3,22,23)(H2,24,30)(H2,25,26)(H,32,33,34);1H4;1H2/b27-16-;;. The number of Topliss-reactive ketones (excluding diaryl/α,β-unsaturated/α-hetero) is 1. The molecule has 2 amide bonds. The van der Waals surface area contributed by atoms with Gasteiger partial charge in [-0.1, -0.05) is 12.6 Å². The number of carbonyl (C=O) groups is 3. The molecule has 226 valence electrons. The number of nitrogen functional groups attached to an aromatic ring is 2. The quantitative estimate of drug-likeness (QED) is 0.0657. The molecule has 0 aliphatic carbocycles. The molecule has 2 aromatic rings. The van der Waals surface area contributed by atoms with Crippen molar-refractivity contribution in [1.82, 2.24) is 10.0 Å². The number of aromatic nitrogens is 1. The third-order valence-corrected chi connectivity index (χ3v) is 6.63. The van der Waals surface area contributed by atoms with Crippen LogP contribution < -0.4 is 21.9 Å². The molecule has 1 aromatic heterocycles. The van der Waals surface area contributed by atoms with E-state index in [2.05, 4.69) is 14.4 Å². The Kier molecular flexibility index (Phi) is 11.8. The van der Waals surface area contributed by atoms with Gasteiger partial charge in [0.1, 0.15) is 23.9 Å². The Labute approximate surface area is 246 Å². The molecule has 0 bridgehead atoms. The van der Waals surface area contributed by atoms with Gasteiger partial charge in [-0.2, -0.15) is 27.0 Å². The minimum Gasteiger partial charge on any atom is -0.489 e. The van der Waals surface area contributed by atoms with Gasteiger partial charge in [0.25, 0.3) is 11.8 Å². The molecule has 2 heterocycles. The van der Waals surface area contributed by atoms with Crippen molar-refractivity contribution in [1.29, 1.82) is 5.41 Å². The van der Waals surface area contributed by atoms with Gasteiger partial charge in [0.2, 0.25) is 6.10 Å². The maximum Gasteiger partial charge on any atom is 0.418 e. The number of β-lactam (4-membered cyclic amide) rings is 1. The summed E-state index contributed by atoms with van der Waals surface area (Å²) in [7, 11) is -4.97. The van der Waals surface area contributed by atoms with E-state index in [-0.39, 0.29) is 43.3 Å². The van der Waals surface area contributed by atoms with Crippen molar-refractivity contribution in [2.24, 2.45) is 22.5 Å². The van der Waals surface area contributed by atoms with Gasteiger partial charge < -0.3 is 26.8 Å². The highest BCUT2D eigenvalue weighted by Gasteiger charge is 2.57. The predicted molar refractivity (Wildman–Crippen MR) is 154 cm³/mol. The first-order chi connectivity index (χ1) is 18.1. The van der Waals surface area contributed by atoms with Crippen LogP contribution in [0.3, 0.4) is 0 Å². The number of ketones is 1. The van der Waals surface area contributed by atoms with E-state index < -0.39 is 58.6 Å². The Hall–Kier alpha value is -3.78. The van der Waals surface area contributed by atoms with Gasteiger partial charge >= 0.3 is 10.4 Å². The number of benzene rings is 1. The average molecular weight is 634 g/mol. The summed E-state index contributed by atoms with van der Waals surface area (Å²) >= 11 is 0.995. The number of oxime groups is 1. The normalized spacial score (nSPS) is 16.9. The predicted octanol–water partition coefficient (Wildman–Crippen LogP) is 0.342. The number of ether oxygens (including phenoxy) is 1. The molecule has 1 fully saturated rings. The molecule has 0 saturated carbocycles. The third kappa shape index (κ3) is 8.60. The maximum atomic E-state index is 13.2. The average Bonchev–Trinajstić information content (AvgIpc) is 3.28. The van der Waals surface area contributed by atoms with Crippen molar-refractivity contribution in [3.05, 3.63) is 40.9 Å². The maximum absolute atomic E-state index is 13.2. The first kappa shape index (κ1) is 35.2. The Bertz CT molecular complexity index is 1430. The minimum atomic E-state index is -4.97. The van der Waals surface area contributed by atoms with Crippen LogP contribution in [0.15, 0.2) is 34.8 Å². The second-order valence-corrected chi connectivity index (χ2v) is 10.6. The second kappa shape index (κ2) is 13.7. The highest BCUT2D eigenvalue weighted by atomic mass is 32.3. The van der Waals surface area contributed by atoms with Crippen LogP contribution in [0.4, 0.5) is 5.13 Å². The topological polar surface area (TPSA) is 264 Å². The number of nitrogens with zero attached hydrogens (tertiary/aromatic N) is 3. The molecule has 1 saturated heterocycles. The van der Waals surface area contributed by atoms with Crippen LogP contribution in [0.2, 0.25) is 0 Å². The number of hydroxylamine groups is 2. The lowest BCUT2D eigenvalue weighted by atomic mass is 9.74. The zero-order valence-corrected chi connectivity index (χ0v) is 23.7. The molecule has 2 unspecified atom stereocenters. The van der Waals surface area contributed by atoms with Gasteiger partial charge in [0, 0.05) is 17.4 Å². The molecular weight excluding hydrogens is 602 g/mol. The summed E-state index contributed by atoms with van der Waals surface area (Å²) in [6, 6.07) is 6.09. The molecule has 0 radical (unpaired) electrons. The van der Waals surface area contributed by atoms with Gasteiger partial charge in [-0.05, 0) is 38.1 Å². The number of anilines is 1. The molecule has 0 spiro atoms. The van der Waals surface area contributed by atoms with Crippen molar-refractivity contribution < 1.29 is 41.2 Å². The number of hydrogen-bond acceptors (Lipinski definition) is 13. The van der Waals surface area contributed by atoms with Crippen LogP contribution in [0.5, 0.6) is 5.75 Å². The molecule has 3 rings (SSSR count). The van der Waals surface area contributed by atoms with E-state index in [0.29, 0.717) is 16.4 Å². The Balaban J connectivity index is 0.00000420. The zero-order valence-electron chi connectivity index (χ0n) is 21.1. The zero-order chi connectivity index (χ0) is 29.1. The highest BCUT2D eigenvalue weighted by Crippen LogP contribution is 2.40. The summed E-state index contributed by atoms with van der Waals surface area (Å²) in [5.74, 6) is -3.46. The third-order valence-electron chi connectivity index (χ3n) is 5.62. The fraction of sp³-hybridized carbons (Fsp3) is 0.364. The van der Waals surface area contributed by atoms with Crippen molar-refractivity contribution in [3.63, 3.8) is 0 Å². The molecule has 1 aromatic carbocycles. The molecule has 41 heavy (non-hydrogen) atoms. The van der Waals surface area contributed by atoms with E-state index in [9.17, 15) is 22.8 Å². The van der Waals surface area contributed by atoms with E-state index in [1.54, 1.807) is 0 Å². The lowest BCUT2D eigenvalue weighted by molar-refractivity contribution is -0.228. The van der Waals surface area contributed by atoms with E-state index in [0.717, 1.165) is 11.3 Å². The number of primary amides is 1. The van der Waals surface area contributed by atoms with Crippen LogP contribution in [0.1, 0.15) is 39.0 Å². The van der Waals surface area contributed by atoms with E-state index in [1.165, 1.54) is 43.5 Å². The smallest absolute Gasteiger partial charge is 0.418 e. The van der Waals surface area contributed by atoms with Crippen molar-refractivity contribution >= 4 is 69.5 Å².